The van der Waals surface area contributed by atoms with Gasteiger partial charge in [-0.05, 0) is 49.9 Å². The van der Waals surface area contributed by atoms with Gasteiger partial charge < -0.3 is 5.32 Å². The number of nitrogens with zero attached hydrogens (tertiary/aromatic N) is 1. The van der Waals surface area contributed by atoms with E-state index in [4.69, 9.17) is 0 Å². The molecule has 2 rings (SSSR count). The van der Waals surface area contributed by atoms with Crippen molar-refractivity contribution in [2.75, 3.05) is 20.1 Å². The standard InChI is InChI=1S/C18H30N2/c1-14(20-12-6-7-17(20)13-19-5)15-8-10-16(11-9-15)18(2,3)4/h8-11,14,17,19H,6-7,12-13H2,1-5H3. The van der Waals surface area contributed by atoms with Gasteiger partial charge in [0.25, 0.3) is 0 Å². The summed E-state index contributed by atoms with van der Waals surface area (Å²) in [6.07, 6.45) is 2.65. The van der Waals surface area contributed by atoms with Gasteiger partial charge in [-0.15, -0.1) is 0 Å². The number of likely N-dealkylation sites (tertiary alicyclic amines) is 1. The molecule has 1 fully saturated rings. The zero-order valence-corrected chi connectivity index (χ0v) is 13.7. The zero-order chi connectivity index (χ0) is 14.8. The number of rotatable bonds is 4. The Hall–Kier alpha value is -0.860. The van der Waals surface area contributed by atoms with Crippen LogP contribution in [-0.2, 0) is 5.41 Å². The van der Waals surface area contributed by atoms with Crippen LogP contribution in [0.2, 0.25) is 0 Å². The third kappa shape index (κ3) is 3.42. The summed E-state index contributed by atoms with van der Waals surface area (Å²) in [4.78, 5) is 2.66. The summed E-state index contributed by atoms with van der Waals surface area (Å²) in [5.74, 6) is 0. The van der Waals surface area contributed by atoms with E-state index in [1.54, 1.807) is 0 Å². The Morgan fingerprint density at radius 3 is 2.45 bits per heavy atom. The van der Waals surface area contributed by atoms with Crippen molar-refractivity contribution in [3.63, 3.8) is 0 Å². The highest BCUT2D eigenvalue weighted by molar-refractivity contribution is 5.29. The van der Waals surface area contributed by atoms with Crippen molar-refractivity contribution in [1.29, 1.82) is 0 Å². The van der Waals surface area contributed by atoms with E-state index in [1.807, 2.05) is 0 Å². The first-order valence-electron chi connectivity index (χ1n) is 7.94. The van der Waals surface area contributed by atoms with Gasteiger partial charge in [-0.25, -0.2) is 0 Å². The molecule has 0 amide bonds. The fourth-order valence-corrected chi connectivity index (χ4v) is 3.28. The lowest BCUT2D eigenvalue weighted by Crippen LogP contribution is -2.38. The predicted octanol–water partition coefficient (Wildman–Crippen LogP) is 3.73. The lowest BCUT2D eigenvalue weighted by molar-refractivity contribution is 0.191. The van der Waals surface area contributed by atoms with Crippen LogP contribution < -0.4 is 5.32 Å². The van der Waals surface area contributed by atoms with E-state index in [0.29, 0.717) is 12.1 Å². The van der Waals surface area contributed by atoms with Crippen molar-refractivity contribution in [3.8, 4) is 0 Å². The first-order chi connectivity index (χ1) is 9.43. The van der Waals surface area contributed by atoms with E-state index in [9.17, 15) is 0 Å². The number of hydrogen-bond acceptors (Lipinski definition) is 2. The molecule has 1 aliphatic heterocycles. The molecule has 112 valence electrons. The second kappa shape index (κ2) is 6.28. The molecule has 2 heteroatoms. The Morgan fingerprint density at radius 1 is 1.25 bits per heavy atom. The van der Waals surface area contributed by atoms with E-state index < -0.39 is 0 Å². The van der Waals surface area contributed by atoms with Crippen molar-refractivity contribution in [2.24, 2.45) is 0 Å². The second-order valence-electron chi connectivity index (χ2n) is 7.14. The van der Waals surface area contributed by atoms with Crippen molar-refractivity contribution in [3.05, 3.63) is 35.4 Å². The first kappa shape index (κ1) is 15.5. The summed E-state index contributed by atoms with van der Waals surface area (Å²) in [6.45, 7) is 11.5. The number of nitrogens with one attached hydrogen (secondary N) is 1. The van der Waals surface area contributed by atoms with Gasteiger partial charge in [0.05, 0.1) is 0 Å². The quantitative estimate of drug-likeness (QED) is 0.900. The average Bonchev–Trinajstić information content (AvgIpc) is 2.86. The smallest absolute Gasteiger partial charge is 0.0323 e. The first-order valence-corrected chi connectivity index (χ1v) is 7.94. The SMILES string of the molecule is CNCC1CCCN1C(C)c1ccc(C(C)(C)C)cc1. The van der Waals surface area contributed by atoms with Gasteiger partial charge >= 0.3 is 0 Å². The molecule has 1 aromatic rings. The van der Waals surface area contributed by atoms with Crippen LogP contribution in [0.25, 0.3) is 0 Å². The molecular formula is C18H30N2. The van der Waals surface area contributed by atoms with Crippen LogP contribution in [0.3, 0.4) is 0 Å². The van der Waals surface area contributed by atoms with E-state index in [0.717, 1.165) is 6.54 Å². The molecule has 20 heavy (non-hydrogen) atoms. The number of likely N-dealkylation sites (N-methyl/N-ethyl adjacent to an activating group) is 1. The van der Waals surface area contributed by atoms with Gasteiger partial charge in [0.1, 0.15) is 0 Å². The average molecular weight is 274 g/mol. The summed E-state index contributed by atoms with van der Waals surface area (Å²) in [7, 11) is 2.05. The van der Waals surface area contributed by atoms with E-state index in [2.05, 4.69) is 69.2 Å². The van der Waals surface area contributed by atoms with Crippen molar-refractivity contribution in [2.45, 2.75) is 58.0 Å². The minimum atomic E-state index is 0.240. The maximum absolute atomic E-state index is 3.33. The molecule has 2 nitrogen and oxygen atoms in total. The molecule has 1 heterocycles. The van der Waals surface area contributed by atoms with Crippen molar-refractivity contribution >= 4 is 0 Å². The normalized spacial score (nSPS) is 22.1. The second-order valence-corrected chi connectivity index (χ2v) is 7.14. The van der Waals surface area contributed by atoms with Crippen LogP contribution in [0, 0.1) is 0 Å². The highest BCUT2D eigenvalue weighted by atomic mass is 15.2. The van der Waals surface area contributed by atoms with E-state index >= 15 is 0 Å². The largest absolute Gasteiger partial charge is 0.318 e. The molecule has 0 saturated carbocycles. The van der Waals surface area contributed by atoms with Crippen molar-refractivity contribution in [1.82, 2.24) is 10.2 Å². The van der Waals surface area contributed by atoms with Gasteiger partial charge in [0.15, 0.2) is 0 Å². The van der Waals surface area contributed by atoms with Gasteiger partial charge in [0.2, 0.25) is 0 Å². The molecule has 1 saturated heterocycles. The molecule has 0 bridgehead atoms. The number of hydrogen-bond donors (Lipinski definition) is 1. The summed E-state index contributed by atoms with van der Waals surface area (Å²) < 4.78 is 0. The minimum absolute atomic E-state index is 0.240. The van der Waals surface area contributed by atoms with Gasteiger partial charge in [-0.1, -0.05) is 45.0 Å². The maximum atomic E-state index is 3.33. The molecule has 2 atom stereocenters. The summed E-state index contributed by atoms with van der Waals surface area (Å²) in [5, 5.41) is 3.33. The summed E-state index contributed by atoms with van der Waals surface area (Å²) >= 11 is 0. The number of benzene rings is 1. The maximum Gasteiger partial charge on any atom is 0.0323 e. The van der Waals surface area contributed by atoms with E-state index in [-0.39, 0.29) is 5.41 Å². The third-order valence-corrected chi connectivity index (χ3v) is 4.62. The molecule has 1 N–H and O–H groups in total. The third-order valence-electron chi connectivity index (χ3n) is 4.62. The molecule has 1 aliphatic rings. The fraction of sp³-hybridized carbons (Fsp3) is 0.667. The molecule has 1 aromatic carbocycles. The Balaban J connectivity index is 2.11. The van der Waals surface area contributed by atoms with Crippen LogP contribution in [0.1, 0.15) is 57.7 Å². The Morgan fingerprint density at radius 2 is 1.90 bits per heavy atom. The van der Waals surface area contributed by atoms with Crippen molar-refractivity contribution < 1.29 is 0 Å². The zero-order valence-electron chi connectivity index (χ0n) is 13.7. The molecule has 0 spiro atoms. The van der Waals surface area contributed by atoms with E-state index in [1.165, 1.54) is 30.5 Å². The Bertz CT molecular complexity index is 416. The fourth-order valence-electron chi connectivity index (χ4n) is 3.28. The van der Waals surface area contributed by atoms with Crippen LogP contribution in [0.15, 0.2) is 24.3 Å². The lowest BCUT2D eigenvalue weighted by Gasteiger charge is -2.31. The Labute approximate surface area is 124 Å². The van der Waals surface area contributed by atoms with Crippen LogP contribution in [0.5, 0.6) is 0 Å². The van der Waals surface area contributed by atoms with Crippen LogP contribution >= 0.6 is 0 Å². The topological polar surface area (TPSA) is 15.3 Å². The van der Waals surface area contributed by atoms with Gasteiger partial charge in [-0.3, -0.25) is 4.90 Å². The van der Waals surface area contributed by atoms with Crippen LogP contribution in [0.4, 0.5) is 0 Å². The predicted molar refractivity (Wildman–Crippen MR) is 87.2 cm³/mol. The molecule has 2 unspecified atom stereocenters. The highest BCUT2D eigenvalue weighted by Crippen LogP contribution is 2.30. The molecular weight excluding hydrogens is 244 g/mol. The summed E-state index contributed by atoms with van der Waals surface area (Å²) in [5.41, 5.74) is 3.10. The highest BCUT2D eigenvalue weighted by Gasteiger charge is 2.28. The summed E-state index contributed by atoms with van der Waals surface area (Å²) in [6, 6.07) is 10.5. The molecule has 0 radical (unpaired) electrons. The van der Waals surface area contributed by atoms with Gasteiger partial charge in [-0.2, -0.15) is 0 Å². The van der Waals surface area contributed by atoms with Crippen LogP contribution in [-0.4, -0.2) is 31.1 Å². The molecule has 0 aromatic heterocycles. The monoisotopic (exact) mass is 274 g/mol. The lowest BCUT2D eigenvalue weighted by atomic mass is 9.86. The van der Waals surface area contributed by atoms with Gasteiger partial charge in [0, 0.05) is 18.6 Å². The minimum Gasteiger partial charge on any atom is -0.318 e. The molecule has 0 aliphatic carbocycles. The Kier molecular flexibility index (Phi) is 4.87.